The Hall–Kier alpha value is -0.790. The molecule has 112 valence electrons. The molecular weight excluding hydrogens is 304 g/mol. The summed E-state index contributed by atoms with van der Waals surface area (Å²) >= 11 is 1.80. The third kappa shape index (κ3) is 5.68. The Morgan fingerprint density at radius 1 is 1.45 bits per heavy atom. The monoisotopic (exact) mass is 321 g/mol. The molecule has 0 saturated carbocycles. The Morgan fingerprint density at radius 3 is 2.70 bits per heavy atom. The molecule has 20 heavy (non-hydrogen) atoms. The second-order valence-corrected chi connectivity index (χ2v) is 6.39. The lowest BCUT2D eigenvalue weighted by Gasteiger charge is -2.22. The van der Waals surface area contributed by atoms with Gasteiger partial charge in [-0.1, -0.05) is 23.9 Å². The van der Waals surface area contributed by atoms with Crippen LogP contribution in [0.25, 0.3) is 0 Å². The smallest absolute Gasteiger partial charge is 0.288 e. The molecule has 0 radical (unpaired) electrons. The van der Waals surface area contributed by atoms with Gasteiger partial charge in [-0.2, -0.15) is 20.5 Å². The molecule has 3 nitrogen and oxygen atoms in total. The van der Waals surface area contributed by atoms with Crippen molar-refractivity contribution in [3.63, 3.8) is 0 Å². The van der Waals surface area contributed by atoms with Crippen LogP contribution in [-0.4, -0.2) is 40.9 Å². The number of hydrogen-bond donors (Lipinski definition) is 2. The van der Waals surface area contributed by atoms with Gasteiger partial charge in [0.2, 0.25) is 0 Å². The first-order valence-corrected chi connectivity index (χ1v) is 8.16. The molecular formula is C13H17F2NO2S2. The average Bonchev–Trinajstić information content (AvgIpc) is 2.36. The van der Waals surface area contributed by atoms with Gasteiger partial charge in [0.25, 0.3) is 11.7 Å². The molecule has 0 unspecified atom stereocenters. The maximum absolute atomic E-state index is 12.4. The lowest BCUT2D eigenvalue weighted by molar-refractivity contribution is 0.0723. The molecule has 1 aromatic carbocycles. The second-order valence-electron chi connectivity index (χ2n) is 4.49. The summed E-state index contributed by atoms with van der Waals surface area (Å²) in [5, 5.41) is 12.5. The molecule has 1 aromatic rings. The predicted octanol–water partition coefficient (Wildman–Crippen LogP) is 2.85. The molecule has 0 saturated heterocycles. The highest BCUT2D eigenvalue weighted by atomic mass is 32.2. The largest absolute Gasteiger partial charge is 0.387 e. The molecule has 2 N–H and O–H groups in total. The van der Waals surface area contributed by atoms with E-state index in [9.17, 15) is 18.7 Å². The van der Waals surface area contributed by atoms with Crippen molar-refractivity contribution in [2.24, 2.45) is 0 Å². The molecule has 1 rings (SSSR count). The van der Waals surface area contributed by atoms with Crippen molar-refractivity contribution in [2.45, 2.75) is 23.2 Å². The third-order valence-electron chi connectivity index (χ3n) is 2.43. The van der Waals surface area contributed by atoms with Crippen LogP contribution in [0.1, 0.15) is 17.3 Å². The lowest BCUT2D eigenvalue weighted by Crippen LogP contribution is -2.42. The molecule has 0 spiro atoms. The number of thioether (sulfide) groups is 2. The highest BCUT2D eigenvalue weighted by molar-refractivity contribution is 7.99. The van der Waals surface area contributed by atoms with Crippen LogP contribution in [0.5, 0.6) is 0 Å². The fraction of sp³-hybridized carbons (Fsp3) is 0.462. The number of carbonyl (C=O) groups is 1. The Kier molecular flexibility index (Phi) is 6.78. The maximum Gasteiger partial charge on any atom is 0.288 e. The van der Waals surface area contributed by atoms with Gasteiger partial charge in [-0.25, -0.2) is 0 Å². The summed E-state index contributed by atoms with van der Waals surface area (Å²) in [6.45, 7) is 1.68. The Morgan fingerprint density at radius 2 is 2.10 bits per heavy atom. The number of alkyl halides is 2. The molecule has 1 amide bonds. The molecule has 0 aliphatic heterocycles. The van der Waals surface area contributed by atoms with E-state index < -0.39 is 17.3 Å². The summed E-state index contributed by atoms with van der Waals surface area (Å²) in [6, 6.07) is 6.19. The number of benzene rings is 1. The number of carbonyl (C=O) groups excluding carboxylic acids is 1. The summed E-state index contributed by atoms with van der Waals surface area (Å²) in [5.74, 6) is -2.57. The summed E-state index contributed by atoms with van der Waals surface area (Å²) in [5.41, 5.74) is -0.836. The SMILES string of the molecule is CSC[C@@](C)(O)CNC(=O)c1ccccc1SC(F)F. The minimum Gasteiger partial charge on any atom is -0.387 e. The standard InChI is InChI=1S/C13H17F2NO2S2/c1-13(18,8-19-2)7-16-11(17)9-5-3-4-6-10(9)20-12(14)15/h3-6,12,18H,7-8H2,1-2H3,(H,16,17)/t13-/m0/s1. The quantitative estimate of drug-likeness (QED) is 0.758. The zero-order chi connectivity index (χ0) is 15.2. The molecule has 1 atom stereocenters. The maximum atomic E-state index is 12.4. The van der Waals surface area contributed by atoms with Crippen LogP contribution in [0.15, 0.2) is 29.2 Å². The van der Waals surface area contributed by atoms with Crippen LogP contribution in [0.3, 0.4) is 0 Å². The van der Waals surface area contributed by atoms with Gasteiger partial charge in [-0.3, -0.25) is 4.79 Å². The normalized spacial score (nSPS) is 14.1. The predicted molar refractivity (Wildman–Crippen MR) is 79.6 cm³/mol. The van der Waals surface area contributed by atoms with Gasteiger partial charge in [-0.05, 0) is 25.3 Å². The van der Waals surface area contributed by atoms with Gasteiger partial charge >= 0.3 is 0 Å². The Balaban J connectivity index is 2.73. The minimum absolute atomic E-state index is 0.0698. The molecule has 0 aromatic heterocycles. The van der Waals surface area contributed by atoms with E-state index >= 15 is 0 Å². The van der Waals surface area contributed by atoms with E-state index in [1.54, 1.807) is 19.1 Å². The van der Waals surface area contributed by atoms with Gasteiger partial charge < -0.3 is 10.4 Å². The molecule has 0 aliphatic rings. The van der Waals surface area contributed by atoms with E-state index in [0.29, 0.717) is 17.5 Å². The van der Waals surface area contributed by atoms with Gasteiger partial charge in [0.15, 0.2) is 0 Å². The van der Waals surface area contributed by atoms with Crippen LogP contribution in [-0.2, 0) is 0 Å². The fourth-order valence-electron chi connectivity index (χ4n) is 1.58. The second kappa shape index (κ2) is 7.85. The highest BCUT2D eigenvalue weighted by Gasteiger charge is 2.22. The van der Waals surface area contributed by atoms with Crippen LogP contribution in [0.2, 0.25) is 0 Å². The van der Waals surface area contributed by atoms with Gasteiger partial charge in [0.05, 0.1) is 11.2 Å². The Labute approximate surface area is 125 Å². The average molecular weight is 321 g/mol. The molecule has 0 aliphatic carbocycles. The van der Waals surface area contributed by atoms with Crippen LogP contribution in [0.4, 0.5) is 8.78 Å². The highest BCUT2D eigenvalue weighted by Crippen LogP contribution is 2.28. The number of rotatable bonds is 7. The van der Waals surface area contributed by atoms with E-state index in [-0.39, 0.29) is 17.0 Å². The first-order valence-electron chi connectivity index (χ1n) is 5.89. The lowest BCUT2D eigenvalue weighted by atomic mass is 10.1. The fourth-order valence-corrected chi connectivity index (χ4v) is 2.94. The molecule has 0 fully saturated rings. The summed E-state index contributed by atoms with van der Waals surface area (Å²) < 4.78 is 24.9. The van der Waals surface area contributed by atoms with Crippen molar-refractivity contribution < 1.29 is 18.7 Å². The van der Waals surface area contributed by atoms with Gasteiger partial charge in [0.1, 0.15) is 0 Å². The van der Waals surface area contributed by atoms with Crippen molar-refractivity contribution in [1.82, 2.24) is 5.32 Å². The van der Waals surface area contributed by atoms with E-state index in [2.05, 4.69) is 5.32 Å². The van der Waals surface area contributed by atoms with E-state index in [1.807, 2.05) is 6.26 Å². The van der Waals surface area contributed by atoms with E-state index in [1.165, 1.54) is 23.9 Å². The van der Waals surface area contributed by atoms with Gasteiger partial charge in [0, 0.05) is 17.2 Å². The zero-order valence-corrected chi connectivity index (χ0v) is 12.9. The topological polar surface area (TPSA) is 49.3 Å². The first-order chi connectivity index (χ1) is 9.35. The van der Waals surface area contributed by atoms with Crippen molar-refractivity contribution in [3.05, 3.63) is 29.8 Å². The van der Waals surface area contributed by atoms with E-state index in [0.717, 1.165) is 0 Å². The van der Waals surface area contributed by atoms with Crippen molar-refractivity contribution >= 4 is 29.4 Å². The number of aliphatic hydroxyl groups is 1. The number of nitrogens with one attached hydrogen (secondary N) is 1. The molecule has 0 heterocycles. The third-order valence-corrected chi connectivity index (χ3v) is 4.13. The summed E-state index contributed by atoms with van der Waals surface area (Å²) in [7, 11) is 0. The van der Waals surface area contributed by atoms with Crippen molar-refractivity contribution in [1.29, 1.82) is 0 Å². The summed E-state index contributed by atoms with van der Waals surface area (Å²) in [4.78, 5) is 12.2. The van der Waals surface area contributed by atoms with E-state index in [4.69, 9.17) is 0 Å². The summed E-state index contributed by atoms with van der Waals surface area (Å²) in [6.07, 6.45) is 1.85. The van der Waals surface area contributed by atoms with Crippen molar-refractivity contribution in [2.75, 3.05) is 18.6 Å². The number of amides is 1. The minimum atomic E-state index is -2.58. The molecule has 7 heteroatoms. The van der Waals surface area contributed by atoms with Gasteiger partial charge in [-0.15, -0.1) is 0 Å². The zero-order valence-electron chi connectivity index (χ0n) is 11.2. The Bertz CT molecular complexity index is 456. The van der Waals surface area contributed by atoms with Crippen LogP contribution < -0.4 is 5.32 Å². The molecule has 0 bridgehead atoms. The van der Waals surface area contributed by atoms with Crippen molar-refractivity contribution in [3.8, 4) is 0 Å². The first kappa shape index (κ1) is 17.3. The van der Waals surface area contributed by atoms with Crippen LogP contribution >= 0.6 is 23.5 Å². The van der Waals surface area contributed by atoms with Crippen LogP contribution in [0, 0.1) is 0 Å². The number of hydrogen-bond acceptors (Lipinski definition) is 4. The number of halogens is 2.